The Morgan fingerprint density at radius 3 is 2.71 bits per heavy atom. The van der Waals surface area contributed by atoms with Gasteiger partial charge < -0.3 is 4.74 Å². The fourth-order valence-electron chi connectivity index (χ4n) is 0.448. The molecule has 0 amide bonds. The van der Waals surface area contributed by atoms with Gasteiger partial charge in [0.05, 0.1) is 6.42 Å². The maximum absolute atomic E-state index is 10.0. The molecule has 1 saturated heterocycles. The third-order valence-corrected chi connectivity index (χ3v) is 1.59. The van der Waals surface area contributed by atoms with Crippen molar-refractivity contribution in [3.05, 3.63) is 0 Å². The van der Waals surface area contributed by atoms with E-state index in [4.69, 9.17) is 0 Å². The van der Waals surface area contributed by atoms with E-state index in [9.17, 15) is 4.79 Å². The van der Waals surface area contributed by atoms with Gasteiger partial charge in [-0.25, -0.2) is 0 Å². The number of hydrogen-bond acceptors (Lipinski definition) is 2. The Morgan fingerprint density at radius 1 is 2.00 bits per heavy atom. The molecule has 0 unspecified atom stereocenters. The van der Waals surface area contributed by atoms with Crippen LogP contribution in [0, 0.1) is 0 Å². The number of carbonyl (C=O) groups is 1. The zero-order valence-electron chi connectivity index (χ0n) is 3.69. The molecule has 0 aliphatic carbocycles. The minimum Gasteiger partial charge on any atom is -0.461 e. The zero-order chi connectivity index (χ0) is 5.28. The van der Waals surface area contributed by atoms with Gasteiger partial charge in [-0.1, -0.05) is 15.9 Å². The van der Waals surface area contributed by atoms with E-state index >= 15 is 0 Å². The molecule has 0 N–H and O–H groups in total. The lowest BCUT2D eigenvalue weighted by atomic mass is 10.2. The Morgan fingerprint density at radius 2 is 2.57 bits per heavy atom. The van der Waals surface area contributed by atoms with Crippen molar-refractivity contribution < 1.29 is 9.53 Å². The number of halogens is 1. The summed E-state index contributed by atoms with van der Waals surface area (Å²) in [5, 5.41) is 0.777. The van der Waals surface area contributed by atoms with Gasteiger partial charge in [-0.3, -0.25) is 4.79 Å². The molecule has 3 heteroatoms. The molecule has 2 nitrogen and oxygen atoms in total. The first-order valence-electron chi connectivity index (χ1n) is 2.08. The van der Waals surface area contributed by atoms with Gasteiger partial charge in [0, 0.05) is 5.33 Å². The highest BCUT2D eigenvalue weighted by Crippen LogP contribution is 2.14. The minimum absolute atomic E-state index is 0.0792. The van der Waals surface area contributed by atoms with Gasteiger partial charge in [0.25, 0.3) is 0 Å². The van der Waals surface area contributed by atoms with E-state index in [2.05, 4.69) is 20.7 Å². The molecule has 1 fully saturated rings. The summed E-state index contributed by atoms with van der Waals surface area (Å²) in [7, 11) is 0. The highest BCUT2D eigenvalue weighted by molar-refractivity contribution is 9.09. The molecule has 0 aromatic rings. The van der Waals surface area contributed by atoms with Crippen LogP contribution in [0.5, 0.6) is 0 Å². The van der Waals surface area contributed by atoms with Crippen LogP contribution < -0.4 is 0 Å². The second-order valence-corrected chi connectivity index (χ2v) is 2.12. The average Bonchev–Trinajstić information content (AvgIpc) is 1.58. The summed E-state index contributed by atoms with van der Waals surface area (Å²) in [4.78, 5) is 10.0. The molecular weight excluding hydrogens is 160 g/mol. The summed E-state index contributed by atoms with van der Waals surface area (Å²) in [5.41, 5.74) is 0. The quantitative estimate of drug-likeness (QED) is 0.422. The van der Waals surface area contributed by atoms with Crippen LogP contribution in [0.4, 0.5) is 0 Å². The highest BCUT2D eigenvalue weighted by Gasteiger charge is 2.26. The molecule has 0 bridgehead atoms. The van der Waals surface area contributed by atoms with Crippen molar-refractivity contribution in [3.63, 3.8) is 0 Å². The van der Waals surface area contributed by atoms with Crippen LogP contribution in [0.25, 0.3) is 0 Å². The number of cyclic esters (lactones) is 1. The summed E-state index contributed by atoms with van der Waals surface area (Å²) in [6, 6.07) is 0. The van der Waals surface area contributed by atoms with Crippen molar-refractivity contribution in [2.45, 2.75) is 12.5 Å². The van der Waals surface area contributed by atoms with Gasteiger partial charge in [0.1, 0.15) is 6.10 Å². The Bertz CT molecular complexity index is 83.7. The second kappa shape index (κ2) is 1.82. The fraction of sp³-hybridized carbons (Fsp3) is 0.750. The SMILES string of the molecule is O=C1C[C@@H](CBr)O1. The molecule has 1 aliphatic heterocycles. The molecule has 1 atom stereocenters. The number of ether oxygens (including phenoxy) is 1. The van der Waals surface area contributed by atoms with E-state index in [0.29, 0.717) is 6.42 Å². The fourth-order valence-corrected chi connectivity index (χ4v) is 0.809. The van der Waals surface area contributed by atoms with Gasteiger partial charge in [-0.2, -0.15) is 0 Å². The van der Waals surface area contributed by atoms with Crippen LogP contribution in [0.3, 0.4) is 0 Å². The van der Waals surface area contributed by atoms with E-state index in [0.717, 1.165) is 5.33 Å². The van der Waals surface area contributed by atoms with Crippen molar-refractivity contribution in [2.24, 2.45) is 0 Å². The van der Waals surface area contributed by atoms with Crippen molar-refractivity contribution >= 4 is 21.9 Å². The van der Waals surface area contributed by atoms with E-state index in [1.807, 2.05) is 0 Å². The Hall–Kier alpha value is -0.0500. The first-order chi connectivity index (χ1) is 3.33. The van der Waals surface area contributed by atoms with Gasteiger partial charge in [0.15, 0.2) is 0 Å². The molecule has 40 valence electrons. The summed E-state index contributed by atoms with van der Waals surface area (Å²) < 4.78 is 4.60. The molecule has 1 aliphatic rings. The summed E-state index contributed by atoms with van der Waals surface area (Å²) in [6.45, 7) is 0. The number of alkyl halides is 1. The smallest absolute Gasteiger partial charge is 0.309 e. The Labute approximate surface area is 50.0 Å². The normalized spacial score (nSPS) is 28.7. The van der Waals surface area contributed by atoms with E-state index in [1.54, 1.807) is 0 Å². The van der Waals surface area contributed by atoms with Crippen LogP contribution in [-0.4, -0.2) is 17.4 Å². The Kier molecular flexibility index (Phi) is 1.32. The standard InChI is InChI=1S/C4H5BrO2/c5-2-3-1-4(6)7-3/h3H,1-2H2/t3-/m0/s1. The van der Waals surface area contributed by atoms with Gasteiger partial charge in [-0.05, 0) is 0 Å². The predicted octanol–water partition coefficient (Wildman–Crippen LogP) is 0.697. The molecule has 1 rings (SSSR count). The topological polar surface area (TPSA) is 26.3 Å². The monoisotopic (exact) mass is 164 g/mol. The van der Waals surface area contributed by atoms with Crippen molar-refractivity contribution in [3.8, 4) is 0 Å². The van der Waals surface area contributed by atoms with Gasteiger partial charge in [0.2, 0.25) is 0 Å². The minimum atomic E-state index is -0.0792. The molecule has 0 radical (unpaired) electrons. The van der Waals surface area contributed by atoms with E-state index in [1.165, 1.54) is 0 Å². The number of esters is 1. The molecule has 0 saturated carbocycles. The molecule has 0 spiro atoms. The summed E-state index contributed by atoms with van der Waals surface area (Å²) in [6.07, 6.45) is 0.748. The van der Waals surface area contributed by atoms with Gasteiger partial charge >= 0.3 is 5.97 Å². The third-order valence-electron chi connectivity index (χ3n) is 0.865. The number of rotatable bonds is 1. The van der Waals surface area contributed by atoms with Crippen LogP contribution in [0.2, 0.25) is 0 Å². The largest absolute Gasteiger partial charge is 0.461 e. The van der Waals surface area contributed by atoms with E-state index < -0.39 is 0 Å². The van der Waals surface area contributed by atoms with Crippen molar-refractivity contribution in [1.82, 2.24) is 0 Å². The van der Waals surface area contributed by atoms with Crippen LogP contribution in [0.15, 0.2) is 0 Å². The van der Waals surface area contributed by atoms with Crippen molar-refractivity contribution in [2.75, 3.05) is 5.33 Å². The lowest BCUT2D eigenvalue weighted by molar-refractivity contribution is -0.166. The number of carbonyl (C=O) groups excluding carboxylic acids is 1. The maximum atomic E-state index is 10.0. The molecule has 0 aromatic heterocycles. The summed E-state index contributed by atoms with van der Waals surface area (Å²) >= 11 is 3.18. The van der Waals surface area contributed by atoms with Crippen LogP contribution in [-0.2, 0) is 9.53 Å². The first-order valence-corrected chi connectivity index (χ1v) is 3.20. The number of hydrogen-bond donors (Lipinski definition) is 0. The predicted molar refractivity (Wildman–Crippen MR) is 28.3 cm³/mol. The molecular formula is C4H5BrO2. The first kappa shape index (κ1) is 5.09. The molecule has 7 heavy (non-hydrogen) atoms. The lowest BCUT2D eigenvalue weighted by Crippen LogP contribution is -2.33. The lowest BCUT2D eigenvalue weighted by Gasteiger charge is -2.22. The average molecular weight is 165 g/mol. The van der Waals surface area contributed by atoms with Crippen molar-refractivity contribution in [1.29, 1.82) is 0 Å². The molecule has 0 aromatic carbocycles. The van der Waals surface area contributed by atoms with Crippen LogP contribution >= 0.6 is 15.9 Å². The Balaban J connectivity index is 2.17. The maximum Gasteiger partial charge on any atom is 0.309 e. The summed E-state index contributed by atoms with van der Waals surface area (Å²) in [5.74, 6) is -0.0792. The molecule has 1 heterocycles. The third kappa shape index (κ3) is 0.938. The van der Waals surface area contributed by atoms with E-state index in [-0.39, 0.29) is 12.1 Å². The highest BCUT2D eigenvalue weighted by atomic mass is 79.9. The van der Waals surface area contributed by atoms with Crippen LogP contribution in [0.1, 0.15) is 6.42 Å². The van der Waals surface area contributed by atoms with Gasteiger partial charge in [-0.15, -0.1) is 0 Å². The second-order valence-electron chi connectivity index (χ2n) is 1.47. The zero-order valence-corrected chi connectivity index (χ0v) is 5.27.